The van der Waals surface area contributed by atoms with Gasteiger partial charge in [-0.1, -0.05) is 15.9 Å². The fourth-order valence-corrected chi connectivity index (χ4v) is 1.57. The lowest BCUT2D eigenvalue weighted by molar-refractivity contribution is 0.345. The van der Waals surface area contributed by atoms with Crippen molar-refractivity contribution in [2.75, 3.05) is 18.2 Å². The standard InChI is InChI=1S/C9H11BrO2S/c1-13(11)9-4-2-8(3-5-9)12-7-6-10/h2-5H,6-7H2,1H3. The van der Waals surface area contributed by atoms with E-state index < -0.39 is 10.8 Å². The predicted molar refractivity (Wildman–Crippen MR) is 58.1 cm³/mol. The van der Waals surface area contributed by atoms with Crippen LogP contribution in [0.5, 0.6) is 5.75 Å². The normalized spacial score (nSPS) is 12.5. The monoisotopic (exact) mass is 262 g/mol. The Balaban J connectivity index is 2.64. The molecule has 0 aliphatic carbocycles. The van der Waals surface area contributed by atoms with Gasteiger partial charge in [-0.2, -0.15) is 0 Å². The Bertz CT molecular complexity index is 284. The van der Waals surface area contributed by atoms with Gasteiger partial charge < -0.3 is 4.74 Å². The first kappa shape index (κ1) is 10.7. The van der Waals surface area contributed by atoms with Crippen molar-refractivity contribution < 1.29 is 8.95 Å². The van der Waals surface area contributed by atoms with Crippen LogP contribution in [0.1, 0.15) is 0 Å². The molecule has 1 atom stereocenters. The molecule has 72 valence electrons. The highest BCUT2D eigenvalue weighted by molar-refractivity contribution is 9.09. The number of rotatable bonds is 4. The quantitative estimate of drug-likeness (QED) is 0.778. The Labute approximate surface area is 88.9 Å². The minimum Gasteiger partial charge on any atom is -0.493 e. The van der Waals surface area contributed by atoms with Gasteiger partial charge in [0.05, 0.1) is 6.61 Å². The Morgan fingerprint density at radius 3 is 2.46 bits per heavy atom. The molecule has 0 aliphatic rings. The van der Waals surface area contributed by atoms with Crippen molar-refractivity contribution in [2.24, 2.45) is 0 Å². The lowest BCUT2D eigenvalue weighted by Crippen LogP contribution is -1.97. The van der Waals surface area contributed by atoms with E-state index >= 15 is 0 Å². The molecule has 1 rings (SSSR count). The summed E-state index contributed by atoms with van der Waals surface area (Å²) < 4.78 is 16.4. The minimum atomic E-state index is -0.908. The summed E-state index contributed by atoms with van der Waals surface area (Å²) >= 11 is 3.27. The van der Waals surface area contributed by atoms with E-state index in [1.165, 1.54) is 0 Å². The average molecular weight is 263 g/mol. The smallest absolute Gasteiger partial charge is 0.119 e. The van der Waals surface area contributed by atoms with Crippen molar-refractivity contribution in [3.63, 3.8) is 0 Å². The van der Waals surface area contributed by atoms with Gasteiger partial charge in [0, 0.05) is 27.3 Å². The highest BCUT2D eigenvalue weighted by atomic mass is 79.9. The fourth-order valence-electron chi connectivity index (χ4n) is 0.884. The molecule has 1 aromatic carbocycles. The highest BCUT2D eigenvalue weighted by Crippen LogP contribution is 2.13. The second-order valence-electron chi connectivity index (χ2n) is 2.46. The summed E-state index contributed by atoms with van der Waals surface area (Å²) in [7, 11) is -0.908. The molecule has 0 fully saturated rings. The van der Waals surface area contributed by atoms with Gasteiger partial charge in [-0.05, 0) is 24.3 Å². The maximum absolute atomic E-state index is 11.0. The zero-order valence-electron chi connectivity index (χ0n) is 7.33. The first-order chi connectivity index (χ1) is 6.24. The number of hydrogen-bond acceptors (Lipinski definition) is 2. The molecule has 0 aromatic heterocycles. The van der Waals surface area contributed by atoms with Crippen molar-refractivity contribution in [1.29, 1.82) is 0 Å². The first-order valence-electron chi connectivity index (χ1n) is 3.86. The van der Waals surface area contributed by atoms with Crippen molar-refractivity contribution in [2.45, 2.75) is 4.90 Å². The van der Waals surface area contributed by atoms with E-state index in [-0.39, 0.29) is 0 Å². The summed E-state index contributed by atoms with van der Waals surface area (Å²) in [6, 6.07) is 7.30. The summed E-state index contributed by atoms with van der Waals surface area (Å²) in [5.41, 5.74) is 0. The Morgan fingerprint density at radius 2 is 2.00 bits per heavy atom. The molecular weight excluding hydrogens is 252 g/mol. The third kappa shape index (κ3) is 3.48. The maximum atomic E-state index is 11.0. The molecule has 2 nitrogen and oxygen atoms in total. The van der Waals surface area contributed by atoms with Crippen LogP contribution in [-0.2, 0) is 10.8 Å². The fraction of sp³-hybridized carbons (Fsp3) is 0.333. The maximum Gasteiger partial charge on any atom is 0.119 e. The summed E-state index contributed by atoms with van der Waals surface area (Å²) in [6.45, 7) is 0.647. The molecule has 13 heavy (non-hydrogen) atoms. The third-order valence-electron chi connectivity index (χ3n) is 1.50. The van der Waals surface area contributed by atoms with Gasteiger partial charge in [-0.25, -0.2) is 0 Å². The summed E-state index contributed by atoms with van der Waals surface area (Å²) in [4.78, 5) is 0.825. The van der Waals surface area contributed by atoms with E-state index in [9.17, 15) is 4.21 Å². The number of benzene rings is 1. The molecule has 4 heteroatoms. The van der Waals surface area contributed by atoms with Crippen LogP contribution in [0.2, 0.25) is 0 Å². The van der Waals surface area contributed by atoms with Gasteiger partial charge >= 0.3 is 0 Å². The van der Waals surface area contributed by atoms with E-state index in [1.807, 2.05) is 24.3 Å². The van der Waals surface area contributed by atoms with Gasteiger partial charge in [-0.15, -0.1) is 0 Å². The van der Waals surface area contributed by atoms with E-state index in [0.29, 0.717) is 6.61 Å². The first-order valence-corrected chi connectivity index (χ1v) is 6.54. The van der Waals surface area contributed by atoms with Gasteiger partial charge in [0.1, 0.15) is 5.75 Å². The Kier molecular flexibility index (Phi) is 4.45. The molecule has 0 radical (unpaired) electrons. The molecule has 0 heterocycles. The van der Waals surface area contributed by atoms with Crippen molar-refractivity contribution in [3.8, 4) is 5.75 Å². The van der Waals surface area contributed by atoms with Gasteiger partial charge in [0.2, 0.25) is 0 Å². The van der Waals surface area contributed by atoms with Crippen LogP contribution < -0.4 is 4.74 Å². The number of hydrogen-bond donors (Lipinski definition) is 0. The second-order valence-corrected chi connectivity index (χ2v) is 4.64. The van der Waals surface area contributed by atoms with Crippen LogP contribution in [0, 0.1) is 0 Å². The van der Waals surface area contributed by atoms with Crippen LogP contribution in [0.25, 0.3) is 0 Å². The molecule has 0 aliphatic heterocycles. The number of ether oxygens (including phenoxy) is 1. The number of halogens is 1. The lowest BCUT2D eigenvalue weighted by Gasteiger charge is -2.03. The van der Waals surface area contributed by atoms with E-state index in [2.05, 4.69) is 15.9 Å². The molecule has 0 saturated heterocycles. The Hall–Kier alpha value is -0.350. The summed E-state index contributed by atoms with van der Waals surface area (Å²) in [5, 5.41) is 0.814. The van der Waals surface area contributed by atoms with Gasteiger partial charge in [0.25, 0.3) is 0 Å². The van der Waals surface area contributed by atoms with Crippen molar-refractivity contribution >= 4 is 26.7 Å². The Morgan fingerprint density at radius 1 is 1.38 bits per heavy atom. The van der Waals surface area contributed by atoms with E-state index in [0.717, 1.165) is 16.0 Å². The summed E-state index contributed by atoms with van der Waals surface area (Å²) in [6.07, 6.45) is 1.66. The minimum absolute atomic E-state index is 0.647. The zero-order valence-corrected chi connectivity index (χ0v) is 9.73. The van der Waals surface area contributed by atoms with E-state index in [4.69, 9.17) is 4.74 Å². The van der Waals surface area contributed by atoms with Crippen LogP contribution in [-0.4, -0.2) is 22.4 Å². The molecule has 0 saturated carbocycles. The van der Waals surface area contributed by atoms with Crippen molar-refractivity contribution in [1.82, 2.24) is 0 Å². The molecule has 0 bridgehead atoms. The SMILES string of the molecule is CS(=O)c1ccc(OCCBr)cc1. The molecule has 0 amide bonds. The molecular formula is C9H11BrO2S. The van der Waals surface area contributed by atoms with Crippen LogP contribution in [0.15, 0.2) is 29.2 Å². The van der Waals surface area contributed by atoms with E-state index in [1.54, 1.807) is 6.26 Å². The van der Waals surface area contributed by atoms with Crippen molar-refractivity contribution in [3.05, 3.63) is 24.3 Å². The average Bonchev–Trinajstić information content (AvgIpc) is 2.15. The largest absolute Gasteiger partial charge is 0.493 e. The zero-order chi connectivity index (χ0) is 9.68. The van der Waals surface area contributed by atoms with Gasteiger partial charge in [-0.3, -0.25) is 4.21 Å². The summed E-state index contributed by atoms with van der Waals surface area (Å²) in [5.74, 6) is 0.814. The molecule has 1 unspecified atom stereocenters. The van der Waals surface area contributed by atoms with Crippen LogP contribution in [0.4, 0.5) is 0 Å². The predicted octanol–water partition coefficient (Wildman–Crippen LogP) is 2.20. The molecule has 0 spiro atoms. The highest BCUT2D eigenvalue weighted by Gasteiger charge is 1.97. The number of alkyl halides is 1. The van der Waals surface area contributed by atoms with Gasteiger partial charge in [0.15, 0.2) is 0 Å². The third-order valence-corrected chi connectivity index (χ3v) is 2.76. The lowest BCUT2D eigenvalue weighted by atomic mass is 10.3. The topological polar surface area (TPSA) is 26.3 Å². The second kappa shape index (κ2) is 5.40. The molecule has 1 aromatic rings. The van der Waals surface area contributed by atoms with Crippen LogP contribution >= 0.6 is 15.9 Å². The molecule has 0 N–H and O–H groups in total. The van der Waals surface area contributed by atoms with Crippen LogP contribution in [0.3, 0.4) is 0 Å².